The van der Waals surface area contributed by atoms with Crippen molar-refractivity contribution in [1.82, 2.24) is 5.32 Å². The highest BCUT2D eigenvalue weighted by atomic mass is 16.5. The summed E-state index contributed by atoms with van der Waals surface area (Å²) in [4.78, 5) is 11.6. The number of hydrogen-bond acceptors (Lipinski definition) is 4. The number of nitrogen functional groups attached to an aromatic ring is 1. The minimum atomic E-state index is 0.0605. The molecule has 0 aliphatic heterocycles. The number of hydrogen-bond donors (Lipinski definition) is 3. The number of carbonyl (C=O) groups excluding carboxylic acids is 1. The van der Waals surface area contributed by atoms with Crippen LogP contribution in [-0.2, 0) is 4.79 Å². The quantitative estimate of drug-likeness (QED) is 0.644. The number of rotatable bonds is 8. The Bertz CT molecular complexity index is 459. The molecule has 4 N–H and O–H groups in total. The van der Waals surface area contributed by atoms with E-state index in [0.29, 0.717) is 36.9 Å². The SMILES string of the molecule is CC(C)CNC(=O)CCNc1ccc(N)c(OC(C)C)c1. The number of amides is 1. The molecule has 0 unspecified atom stereocenters. The number of nitrogens with two attached hydrogens (primary N) is 1. The molecule has 1 amide bonds. The van der Waals surface area contributed by atoms with Crippen LogP contribution in [-0.4, -0.2) is 25.1 Å². The van der Waals surface area contributed by atoms with Gasteiger partial charge in [-0.25, -0.2) is 0 Å². The molecule has 1 rings (SSSR count). The fraction of sp³-hybridized carbons (Fsp3) is 0.562. The monoisotopic (exact) mass is 293 g/mol. The molecule has 0 radical (unpaired) electrons. The molecule has 1 aromatic rings. The molecule has 0 saturated carbocycles. The van der Waals surface area contributed by atoms with E-state index in [1.165, 1.54) is 0 Å². The van der Waals surface area contributed by atoms with E-state index in [9.17, 15) is 4.79 Å². The molecule has 0 aliphatic rings. The third-order valence-corrected chi connectivity index (χ3v) is 2.76. The first-order valence-electron chi connectivity index (χ1n) is 7.45. The summed E-state index contributed by atoms with van der Waals surface area (Å²) in [5.41, 5.74) is 7.38. The van der Waals surface area contributed by atoms with Gasteiger partial charge in [-0.05, 0) is 31.9 Å². The molecular formula is C16H27N3O2. The summed E-state index contributed by atoms with van der Waals surface area (Å²) in [6.07, 6.45) is 0.515. The molecule has 0 fully saturated rings. The second kappa shape index (κ2) is 8.39. The number of nitrogens with one attached hydrogen (secondary N) is 2. The Labute approximate surface area is 127 Å². The summed E-state index contributed by atoms with van der Waals surface area (Å²) in [7, 11) is 0. The van der Waals surface area contributed by atoms with Gasteiger partial charge in [-0.2, -0.15) is 0 Å². The zero-order valence-corrected chi connectivity index (χ0v) is 13.4. The molecule has 118 valence electrons. The Balaban J connectivity index is 2.43. The van der Waals surface area contributed by atoms with Crippen molar-refractivity contribution in [2.75, 3.05) is 24.1 Å². The van der Waals surface area contributed by atoms with E-state index in [4.69, 9.17) is 10.5 Å². The predicted molar refractivity (Wildman–Crippen MR) is 87.6 cm³/mol. The lowest BCUT2D eigenvalue weighted by Gasteiger charge is -2.14. The first-order chi connectivity index (χ1) is 9.88. The lowest BCUT2D eigenvalue weighted by atomic mass is 10.2. The maximum Gasteiger partial charge on any atom is 0.221 e. The Morgan fingerprint density at radius 3 is 2.62 bits per heavy atom. The summed E-state index contributed by atoms with van der Waals surface area (Å²) >= 11 is 0. The van der Waals surface area contributed by atoms with Crippen LogP contribution in [0.25, 0.3) is 0 Å². The van der Waals surface area contributed by atoms with Crippen molar-refractivity contribution >= 4 is 17.3 Å². The summed E-state index contributed by atoms with van der Waals surface area (Å²) < 4.78 is 5.63. The molecule has 0 atom stereocenters. The van der Waals surface area contributed by atoms with E-state index >= 15 is 0 Å². The van der Waals surface area contributed by atoms with Gasteiger partial charge in [0.1, 0.15) is 5.75 Å². The van der Waals surface area contributed by atoms with Crippen molar-refractivity contribution < 1.29 is 9.53 Å². The molecule has 0 spiro atoms. The van der Waals surface area contributed by atoms with E-state index in [1.54, 1.807) is 6.07 Å². The third-order valence-electron chi connectivity index (χ3n) is 2.76. The first-order valence-corrected chi connectivity index (χ1v) is 7.45. The number of ether oxygens (including phenoxy) is 1. The topological polar surface area (TPSA) is 76.4 Å². The Hall–Kier alpha value is -1.91. The molecule has 1 aromatic carbocycles. The Kier molecular flexibility index (Phi) is 6.85. The predicted octanol–water partition coefficient (Wildman–Crippen LogP) is 2.63. The minimum absolute atomic E-state index is 0.0605. The van der Waals surface area contributed by atoms with Gasteiger partial charge in [0, 0.05) is 31.3 Å². The van der Waals surface area contributed by atoms with Gasteiger partial charge in [0.25, 0.3) is 0 Å². The molecule has 0 bridgehead atoms. The van der Waals surface area contributed by atoms with Crippen LogP contribution in [0.1, 0.15) is 34.1 Å². The zero-order valence-electron chi connectivity index (χ0n) is 13.4. The van der Waals surface area contributed by atoms with Gasteiger partial charge < -0.3 is 21.1 Å². The number of carbonyl (C=O) groups is 1. The van der Waals surface area contributed by atoms with Gasteiger partial charge in [-0.15, -0.1) is 0 Å². The maximum atomic E-state index is 11.6. The highest BCUT2D eigenvalue weighted by Crippen LogP contribution is 2.26. The minimum Gasteiger partial charge on any atom is -0.489 e. The fourth-order valence-electron chi connectivity index (χ4n) is 1.73. The van der Waals surface area contributed by atoms with Gasteiger partial charge in [0.05, 0.1) is 11.8 Å². The van der Waals surface area contributed by atoms with Gasteiger partial charge in [0.15, 0.2) is 0 Å². The molecule has 0 aromatic heterocycles. The molecule has 0 aliphatic carbocycles. The van der Waals surface area contributed by atoms with E-state index in [2.05, 4.69) is 24.5 Å². The lowest BCUT2D eigenvalue weighted by Crippen LogP contribution is -2.28. The van der Waals surface area contributed by atoms with Gasteiger partial charge in [0.2, 0.25) is 5.91 Å². The summed E-state index contributed by atoms with van der Waals surface area (Å²) in [5.74, 6) is 1.19. The van der Waals surface area contributed by atoms with Crippen LogP contribution >= 0.6 is 0 Å². The van der Waals surface area contributed by atoms with Crippen LogP contribution in [0.2, 0.25) is 0 Å². The second-order valence-corrected chi connectivity index (χ2v) is 5.79. The Morgan fingerprint density at radius 1 is 1.29 bits per heavy atom. The van der Waals surface area contributed by atoms with Crippen LogP contribution in [0.3, 0.4) is 0 Å². The third kappa shape index (κ3) is 6.88. The van der Waals surface area contributed by atoms with Crippen LogP contribution in [0.15, 0.2) is 18.2 Å². The molecule has 0 saturated heterocycles. The van der Waals surface area contributed by atoms with Crippen molar-refractivity contribution in [2.24, 2.45) is 5.92 Å². The van der Waals surface area contributed by atoms with E-state index in [0.717, 1.165) is 5.69 Å². The highest BCUT2D eigenvalue weighted by Gasteiger charge is 2.06. The van der Waals surface area contributed by atoms with Crippen LogP contribution < -0.4 is 21.1 Å². The normalized spacial score (nSPS) is 10.8. The van der Waals surface area contributed by atoms with E-state index in [-0.39, 0.29) is 12.0 Å². The van der Waals surface area contributed by atoms with Crippen molar-refractivity contribution in [3.05, 3.63) is 18.2 Å². The van der Waals surface area contributed by atoms with E-state index < -0.39 is 0 Å². The molecular weight excluding hydrogens is 266 g/mol. The highest BCUT2D eigenvalue weighted by molar-refractivity contribution is 5.76. The average Bonchev–Trinajstić information content (AvgIpc) is 2.39. The number of benzene rings is 1. The summed E-state index contributed by atoms with van der Waals surface area (Å²) in [6, 6.07) is 5.55. The van der Waals surface area contributed by atoms with Crippen LogP contribution in [0.4, 0.5) is 11.4 Å². The fourth-order valence-corrected chi connectivity index (χ4v) is 1.73. The smallest absolute Gasteiger partial charge is 0.221 e. The molecule has 21 heavy (non-hydrogen) atoms. The molecule has 0 heterocycles. The van der Waals surface area contributed by atoms with Gasteiger partial charge >= 0.3 is 0 Å². The first kappa shape index (κ1) is 17.1. The largest absolute Gasteiger partial charge is 0.489 e. The Morgan fingerprint density at radius 2 is 2.00 bits per heavy atom. The molecule has 5 heteroatoms. The van der Waals surface area contributed by atoms with Gasteiger partial charge in [-0.3, -0.25) is 4.79 Å². The maximum absolute atomic E-state index is 11.6. The molecule has 5 nitrogen and oxygen atoms in total. The second-order valence-electron chi connectivity index (χ2n) is 5.79. The van der Waals surface area contributed by atoms with Crippen molar-refractivity contribution in [3.63, 3.8) is 0 Å². The zero-order chi connectivity index (χ0) is 15.8. The summed E-state index contributed by atoms with van der Waals surface area (Å²) in [5, 5.41) is 6.10. The number of anilines is 2. The van der Waals surface area contributed by atoms with Crippen molar-refractivity contribution in [2.45, 2.75) is 40.2 Å². The van der Waals surface area contributed by atoms with E-state index in [1.807, 2.05) is 26.0 Å². The van der Waals surface area contributed by atoms with Crippen LogP contribution in [0.5, 0.6) is 5.75 Å². The lowest BCUT2D eigenvalue weighted by molar-refractivity contribution is -0.120. The van der Waals surface area contributed by atoms with Crippen LogP contribution in [0, 0.1) is 5.92 Å². The summed E-state index contributed by atoms with van der Waals surface area (Å²) in [6.45, 7) is 9.35. The van der Waals surface area contributed by atoms with Crippen molar-refractivity contribution in [3.8, 4) is 5.75 Å². The average molecular weight is 293 g/mol. The van der Waals surface area contributed by atoms with Gasteiger partial charge in [-0.1, -0.05) is 13.8 Å². The van der Waals surface area contributed by atoms with Crippen molar-refractivity contribution in [1.29, 1.82) is 0 Å². The standard InChI is InChI=1S/C16H27N3O2/c1-11(2)10-19-16(20)7-8-18-13-5-6-14(17)15(9-13)21-12(3)4/h5-6,9,11-12,18H,7-8,10,17H2,1-4H3,(H,19,20).